The summed E-state index contributed by atoms with van der Waals surface area (Å²) in [6, 6.07) is 4.77. The molecule has 1 aromatic rings. The average molecular weight is 234 g/mol. The van der Waals surface area contributed by atoms with Gasteiger partial charge < -0.3 is 15.5 Å². The number of rotatable bonds is 4. The minimum atomic E-state index is 0.564. The number of pyridine rings is 1. The number of aromatic nitrogens is 1. The molecule has 17 heavy (non-hydrogen) atoms. The first kappa shape index (κ1) is 12.3. The maximum Gasteiger partial charge on any atom is 0.128 e. The van der Waals surface area contributed by atoms with Crippen LogP contribution in [0.15, 0.2) is 18.3 Å². The third-order valence-electron chi connectivity index (χ3n) is 3.29. The summed E-state index contributed by atoms with van der Waals surface area (Å²) in [6.07, 6.45) is 4.41. The van der Waals surface area contributed by atoms with E-state index in [-0.39, 0.29) is 0 Å². The van der Waals surface area contributed by atoms with Gasteiger partial charge >= 0.3 is 0 Å². The van der Waals surface area contributed by atoms with Gasteiger partial charge in [0.1, 0.15) is 5.82 Å². The largest absolute Gasteiger partial charge is 0.352 e. The van der Waals surface area contributed by atoms with Crippen molar-refractivity contribution in [1.82, 2.24) is 9.88 Å². The van der Waals surface area contributed by atoms with Crippen molar-refractivity contribution in [3.63, 3.8) is 0 Å². The lowest BCUT2D eigenvalue weighted by molar-refractivity contribution is 0.371. The van der Waals surface area contributed by atoms with Crippen molar-refractivity contribution in [3.8, 4) is 0 Å². The highest BCUT2D eigenvalue weighted by atomic mass is 15.3. The highest BCUT2D eigenvalue weighted by Gasteiger charge is 2.25. The molecule has 2 rings (SSSR count). The van der Waals surface area contributed by atoms with Crippen molar-refractivity contribution >= 4 is 5.82 Å². The van der Waals surface area contributed by atoms with Crippen LogP contribution in [0.3, 0.4) is 0 Å². The Morgan fingerprint density at radius 2 is 2.29 bits per heavy atom. The summed E-state index contributed by atoms with van der Waals surface area (Å²) in [5, 5.41) is 0. The van der Waals surface area contributed by atoms with Crippen LogP contribution in [0.2, 0.25) is 0 Å². The van der Waals surface area contributed by atoms with Crippen LogP contribution < -0.4 is 10.6 Å². The summed E-state index contributed by atoms with van der Waals surface area (Å²) in [4.78, 5) is 9.18. The molecule has 1 saturated heterocycles. The van der Waals surface area contributed by atoms with E-state index in [2.05, 4.69) is 41.0 Å². The molecule has 1 aliphatic rings. The van der Waals surface area contributed by atoms with Gasteiger partial charge in [0.2, 0.25) is 0 Å². The molecule has 1 aliphatic heterocycles. The summed E-state index contributed by atoms with van der Waals surface area (Å²) < 4.78 is 0. The number of nitrogens with zero attached hydrogens (tertiary/aromatic N) is 3. The lowest BCUT2D eigenvalue weighted by Crippen LogP contribution is -2.37. The molecule has 94 valence electrons. The fourth-order valence-electron chi connectivity index (χ4n) is 2.46. The summed E-state index contributed by atoms with van der Waals surface area (Å²) in [6.45, 7) is 2.78. The van der Waals surface area contributed by atoms with E-state index in [0.29, 0.717) is 12.6 Å². The Balaban J connectivity index is 2.08. The predicted octanol–water partition coefficient (Wildman–Crippen LogP) is 1.07. The molecule has 0 saturated carbocycles. The van der Waals surface area contributed by atoms with Crippen molar-refractivity contribution in [3.05, 3.63) is 23.9 Å². The number of anilines is 1. The van der Waals surface area contributed by atoms with Crippen molar-refractivity contribution in [2.24, 2.45) is 5.73 Å². The Bertz CT molecular complexity index is 347. The Labute approximate surface area is 103 Å². The van der Waals surface area contributed by atoms with E-state index in [1.54, 1.807) is 0 Å². The zero-order valence-corrected chi connectivity index (χ0v) is 10.8. The van der Waals surface area contributed by atoms with Gasteiger partial charge in [-0.15, -0.1) is 0 Å². The van der Waals surface area contributed by atoms with Crippen molar-refractivity contribution < 1.29 is 0 Å². The third-order valence-corrected chi connectivity index (χ3v) is 3.29. The molecule has 4 heteroatoms. The number of likely N-dealkylation sites (N-methyl/N-ethyl adjacent to an activating group) is 1. The van der Waals surface area contributed by atoms with Gasteiger partial charge in [0.25, 0.3) is 0 Å². The lowest BCUT2D eigenvalue weighted by atomic mass is 10.2. The molecule has 1 atom stereocenters. The monoisotopic (exact) mass is 234 g/mol. The van der Waals surface area contributed by atoms with Crippen molar-refractivity contribution in [1.29, 1.82) is 0 Å². The zero-order chi connectivity index (χ0) is 12.3. The molecular weight excluding hydrogens is 212 g/mol. The first-order chi connectivity index (χ1) is 8.20. The number of hydrogen-bond acceptors (Lipinski definition) is 4. The summed E-state index contributed by atoms with van der Waals surface area (Å²) in [5.74, 6) is 1.09. The summed E-state index contributed by atoms with van der Waals surface area (Å²) in [5.41, 5.74) is 6.68. The Morgan fingerprint density at radius 3 is 2.88 bits per heavy atom. The first-order valence-electron chi connectivity index (χ1n) is 6.27. The van der Waals surface area contributed by atoms with Crippen LogP contribution in [-0.4, -0.2) is 43.1 Å². The quantitative estimate of drug-likeness (QED) is 0.846. The van der Waals surface area contributed by atoms with Gasteiger partial charge in [-0.1, -0.05) is 6.07 Å². The van der Waals surface area contributed by atoms with E-state index in [1.165, 1.54) is 12.8 Å². The van der Waals surface area contributed by atoms with E-state index in [1.807, 2.05) is 6.20 Å². The summed E-state index contributed by atoms with van der Waals surface area (Å²) >= 11 is 0. The smallest absolute Gasteiger partial charge is 0.128 e. The van der Waals surface area contributed by atoms with Gasteiger partial charge in [-0.05, 0) is 38.6 Å². The van der Waals surface area contributed by atoms with E-state index in [0.717, 1.165) is 24.5 Å². The van der Waals surface area contributed by atoms with Crippen LogP contribution in [-0.2, 0) is 6.54 Å². The molecule has 0 amide bonds. The predicted molar refractivity (Wildman–Crippen MR) is 71.1 cm³/mol. The van der Waals surface area contributed by atoms with Crippen LogP contribution in [0.4, 0.5) is 5.82 Å². The fraction of sp³-hybridized carbons (Fsp3) is 0.615. The van der Waals surface area contributed by atoms with Crippen LogP contribution in [0.1, 0.15) is 18.4 Å². The van der Waals surface area contributed by atoms with Crippen LogP contribution >= 0.6 is 0 Å². The van der Waals surface area contributed by atoms with E-state index >= 15 is 0 Å². The Morgan fingerprint density at radius 1 is 1.47 bits per heavy atom. The Hall–Kier alpha value is -1.13. The second-order valence-corrected chi connectivity index (χ2v) is 4.98. The average Bonchev–Trinajstić information content (AvgIpc) is 2.76. The standard InChI is InChI=1S/C13H22N4/c1-16(2)10-12-4-3-7-17(12)13-6-5-11(8-14)9-15-13/h5-6,9,12H,3-4,7-8,10,14H2,1-2H3. The molecule has 1 unspecified atom stereocenters. The van der Waals surface area contributed by atoms with Crippen molar-refractivity contribution in [2.45, 2.75) is 25.4 Å². The molecule has 2 N–H and O–H groups in total. The van der Waals surface area contributed by atoms with E-state index in [9.17, 15) is 0 Å². The zero-order valence-electron chi connectivity index (χ0n) is 10.8. The maximum absolute atomic E-state index is 5.59. The molecule has 0 aliphatic carbocycles. The van der Waals surface area contributed by atoms with Gasteiger partial charge in [0.05, 0.1) is 0 Å². The molecule has 0 bridgehead atoms. The molecule has 1 aromatic heterocycles. The van der Waals surface area contributed by atoms with Gasteiger partial charge in [0, 0.05) is 31.9 Å². The lowest BCUT2D eigenvalue weighted by Gasteiger charge is -2.28. The van der Waals surface area contributed by atoms with Gasteiger partial charge in [-0.25, -0.2) is 4.98 Å². The van der Waals surface area contributed by atoms with Crippen LogP contribution in [0, 0.1) is 0 Å². The normalized spacial score (nSPS) is 20.2. The highest BCUT2D eigenvalue weighted by Crippen LogP contribution is 2.24. The van der Waals surface area contributed by atoms with E-state index < -0.39 is 0 Å². The molecule has 0 spiro atoms. The third kappa shape index (κ3) is 2.96. The second kappa shape index (κ2) is 5.47. The second-order valence-electron chi connectivity index (χ2n) is 4.98. The van der Waals surface area contributed by atoms with Crippen LogP contribution in [0.5, 0.6) is 0 Å². The topological polar surface area (TPSA) is 45.4 Å². The maximum atomic E-state index is 5.59. The minimum Gasteiger partial charge on any atom is -0.352 e. The molecule has 0 aromatic carbocycles. The molecule has 0 radical (unpaired) electrons. The minimum absolute atomic E-state index is 0.564. The van der Waals surface area contributed by atoms with Crippen LogP contribution in [0.25, 0.3) is 0 Å². The fourth-order valence-corrected chi connectivity index (χ4v) is 2.46. The van der Waals surface area contributed by atoms with Gasteiger partial charge in [-0.3, -0.25) is 0 Å². The molecular formula is C13H22N4. The first-order valence-corrected chi connectivity index (χ1v) is 6.27. The highest BCUT2D eigenvalue weighted by molar-refractivity contribution is 5.42. The molecule has 2 heterocycles. The summed E-state index contributed by atoms with van der Waals surface area (Å²) in [7, 11) is 4.25. The van der Waals surface area contributed by atoms with Gasteiger partial charge in [-0.2, -0.15) is 0 Å². The number of nitrogens with two attached hydrogens (primary N) is 1. The molecule has 4 nitrogen and oxygen atoms in total. The Kier molecular flexibility index (Phi) is 3.97. The number of hydrogen-bond donors (Lipinski definition) is 1. The SMILES string of the molecule is CN(C)CC1CCCN1c1ccc(CN)cn1. The van der Waals surface area contributed by atoms with E-state index in [4.69, 9.17) is 5.73 Å². The van der Waals surface area contributed by atoms with Gasteiger partial charge in [0.15, 0.2) is 0 Å². The van der Waals surface area contributed by atoms with Crippen molar-refractivity contribution in [2.75, 3.05) is 32.1 Å². The molecule has 1 fully saturated rings.